The first-order chi connectivity index (χ1) is 14.7. The van der Waals surface area contributed by atoms with Gasteiger partial charge in [0.15, 0.2) is 0 Å². The predicted octanol–water partition coefficient (Wildman–Crippen LogP) is 2.16. The number of piperazine rings is 1. The molecule has 1 heterocycles. The maximum absolute atomic E-state index is 13.0. The number of rotatable bonds is 9. The van der Waals surface area contributed by atoms with Crippen LogP contribution in [0.25, 0.3) is 0 Å². The highest BCUT2D eigenvalue weighted by Crippen LogP contribution is 2.31. The molecule has 1 saturated carbocycles. The molecule has 1 aliphatic heterocycles. The second kappa shape index (κ2) is 11.3. The molecule has 1 N–H and O–H groups in total. The number of methoxy groups -OCH3 is 2. The Bertz CT molecular complexity index is 697. The van der Waals surface area contributed by atoms with Crippen molar-refractivity contribution in [1.82, 2.24) is 15.1 Å². The third kappa shape index (κ3) is 5.52. The van der Waals surface area contributed by atoms with Gasteiger partial charge in [-0.05, 0) is 37.3 Å². The van der Waals surface area contributed by atoms with Gasteiger partial charge in [0.05, 0.1) is 18.7 Å². The van der Waals surface area contributed by atoms with Gasteiger partial charge in [-0.1, -0.05) is 25.0 Å². The van der Waals surface area contributed by atoms with Crippen LogP contribution < -0.4 is 10.1 Å². The first-order valence-corrected chi connectivity index (χ1v) is 11.1. The standard InChI is InChI=1S/C23H35N3O4/c1-29-17-7-12-24-22(27)21(18-8-3-4-9-18)25-13-15-26(16-14-25)23(28)19-10-5-6-11-20(19)30-2/h5-6,10-11,18,21H,3-4,7-9,12-17H2,1-2H3,(H,24,27). The SMILES string of the molecule is COCCCNC(=O)C(C1CCCC1)N1CCN(C(=O)c2ccccc2OC)CC1. The summed E-state index contributed by atoms with van der Waals surface area (Å²) >= 11 is 0. The molecular formula is C23H35N3O4. The molecule has 1 aliphatic carbocycles. The van der Waals surface area contributed by atoms with E-state index < -0.39 is 0 Å². The van der Waals surface area contributed by atoms with Crippen molar-refractivity contribution in [1.29, 1.82) is 0 Å². The molecule has 7 nitrogen and oxygen atoms in total. The topological polar surface area (TPSA) is 71.1 Å². The molecule has 0 bridgehead atoms. The molecule has 0 aromatic heterocycles. The van der Waals surface area contributed by atoms with Crippen LogP contribution in [0.4, 0.5) is 0 Å². The molecule has 2 amide bonds. The van der Waals surface area contributed by atoms with Crippen LogP contribution in [-0.4, -0.2) is 81.2 Å². The summed E-state index contributed by atoms with van der Waals surface area (Å²) in [5, 5.41) is 3.11. The summed E-state index contributed by atoms with van der Waals surface area (Å²) in [6.45, 7) is 3.97. The zero-order valence-corrected chi connectivity index (χ0v) is 18.3. The van der Waals surface area contributed by atoms with Gasteiger partial charge in [-0.25, -0.2) is 0 Å². The van der Waals surface area contributed by atoms with E-state index in [1.165, 1.54) is 12.8 Å². The largest absolute Gasteiger partial charge is 0.496 e. The lowest BCUT2D eigenvalue weighted by Crippen LogP contribution is -2.58. The van der Waals surface area contributed by atoms with Crippen LogP contribution in [0.15, 0.2) is 24.3 Å². The Balaban J connectivity index is 1.61. The molecule has 1 unspecified atom stereocenters. The van der Waals surface area contributed by atoms with E-state index in [-0.39, 0.29) is 17.9 Å². The van der Waals surface area contributed by atoms with Crippen molar-refractivity contribution >= 4 is 11.8 Å². The van der Waals surface area contributed by atoms with E-state index in [0.717, 1.165) is 19.3 Å². The van der Waals surface area contributed by atoms with Crippen LogP contribution in [-0.2, 0) is 9.53 Å². The van der Waals surface area contributed by atoms with Gasteiger partial charge in [-0.15, -0.1) is 0 Å². The minimum atomic E-state index is -0.0986. The van der Waals surface area contributed by atoms with Crippen molar-refractivity contribution in [2.75, 3.05) is 53.6 Å². The Morgan fingerprint density at radius 1 is 1.10 bits per heavy atom. The first-order valence-electron chi connectivity index (χ1n) is 11.1. The molecule has 2 aliphatic rings. The highest BCUT2D eigenvalue weighted by molar-refractivity contribution is 5.97. The van der Waals surface area contributed by atoms with Crippen LogP contribution in [0.1, 0.15) is 42.5 Å². The summed E-state index contributed by atoms with van der Waals surface area (Å²) in [7, 11) is 3.26. The second-order valence-electron chi connectivity index (χ2n) is 8.16. The van der Waals surface area contributed by atoms with Crippen LogP contribution in [0, 0.1) is 5.92 Å². The highest BCUT2D eigenvalue weighted by atomic mass is 16.5. The van der Waals surface area contributed by atoms with Crippen molar-refractivity contribution in [2.45, 2.75) is 38.1 Å². The maximum Gasteiger partial charge on any atom is 0.257 e. The van der Waals surface area contributed by atoms with E-state index in [9.17, 15) is 9.59 Å². The molecule has 1 aromatic carbocycles. The third-order valence-electron chi connectivity index (χ3n) is 6.27. The lowest BCUT2D eigenvalue weighted by atomic mass is 9.95. The van der Waals surface area contributed by atoms with Gasteiger partial charge in [-0.3, -0.25) is 14.5 Å². The fourth-order valence-corrected chi connectivity index (χ4v) is 4.68. The zero-order valence-electron chi connectivity index (χ0n) is 18.3. The van der Waals surface area contributed by atoms with Crippen LogP contribution in [0.3, 0.4) is 0 Å². The van der Waals surface area contributed by atoms with Crippen LogP contribution in [0.5, 0.6) is 5.75 Å². The molecule has 30 heavy (non-hydrogen) atoms. The number of benzene rings is 1. The van der Waals surface area contributed by atoms with Crippen molar-refractivity contribution in [3.8, 4) is 5.75 Å². The van der Waals surface area contributed by atoms with E-state index in [1.807, 2.05) is 29.2 Å². The van der Waals surface area contributed by atoms with Gasteiger partial charge in [0.25, 0.3) is 5.91 Å². The minimum Gasteiger partial charge on any atom is -0.496 e. The van der Waals surface area contributed by atoms with Gasteiger partial charge in [0.1, 0.15) is 5.75 Å². The Hall–Kier alpha value is -2.12. The van der Waals surface area contributed by atoms with Crippen molar-refractivity contribution < 1.29 is 19.1 Å². The van der Waals surface area contributed by atoms with Gasteiger partial charge >= 0.3 is 0 Å². The van der Waals surface area contributed by atoms with Crippen molar-refractivity contribution in [3.63, 3.8) is 0 Å². The highest BCUT2D eigenvalue weighted by Gasteiger charge is 2.37. The lowest BCUT2D eigenvalue weighted by molar-refractivity contribution is -0.129. The van der Waals surface area contributed by atoms with Crippen LogP contribution >= 0.6 is 0 Å². The number of nitrogens with zero attached hydrogens (tertiary/aromatic N) is 2. The van der Waals surface area contributed by atoms with Gasteiger partial charge in [0, 0.05) is 46.4 Å². The molecule has 7 heteroatoms. The van der Waals surface area contributed by atoms with E-state index in [2.05, 4.69) is 10.2 Å². The van der Waals surface area contributed by atoms with E-state index in [1.54, 1.807) is 14.2 Å². The molecule has 0 spiro atoms. The number of carbonyl (C=O) groups excluding carboxylic acids is 2. The molecule has 3 rings (SSSR count). The number of carbonyl (C=O) groups is 2. The summed E-state index contributed by atoms with van der Waals surface area (Å²) in [4.78, 5) is 30.2. The second-order valence-corrected chi connectivity index (χ2v) is 8.16. The molecule has 2 fully saturated rings. The van der Waals surface area contributed by atoms with Gasteiger partial charge < -0.3 is 19.7 Å². The monoisotopic (exact) mass is 417 g/mol. The van der Waals surface area contributed by atoms with Crippen LogP contribution in [0.2, 0.25) is 0 Å². The number of nitrogens with one attached hydrogen (secondary N) is 1. The minimum absolute atomic E-state index is 0.00599. The summed E-state index contributed by atoms with van der Waals surface area (Å²) in [6, 6.07) is 7.25. The van der Waals surface area contributed by atoms with Gasteiger partial charge in [-0.2, -0.15) is 0 Å². The van der Waals surface area contributed by atoms with Gasteiger partial charge in [0.2, 0.25) is 5.91 Å². The Morgan fingerprint density at radius 3 is 2.47 bits per heavy atom. The summed E-state index contributed by atoms with van der Waals surface area (Å²) in [5.74, 6) is 1.13. The quantitative estimate of drug-likeness (QED) is 0.624. The average molecular weight is 418 g/mol. The molecule has 166 valence electrons. The fraction of sp³-hybridized carbons (Fsp3) is 0.652. The van der Waals surface area contributed by atoms with Crippen molar-refractivity contribution in [3.05, 3.63) is 29.8 Å². The summed E-state index contributed by atoms with van der Waals surface area (Å²) < 4.78 is 10.4. The molecular weight excluding hydrogens is 382 g/mol. The lowest BCUT2D eigenvalue weighted by Gasteiger charge is -2.40. The maximum atomic E-state index is 13.0. The zero-order chi connectivity index (χ0) is 21.3. The molecule has 1 aromatic rings. The summed E-state index contributed by atoms with van der Waals surface area (Å²) in [5.41, 5.74) is 0.594. The normalized spacial score (nSPS) is 18.9. The predicted molar refractivity (Wildman–Crippen MR) is 116 cm³/mol. The van der Waals surface area contributed by atoms with E-state index >= 15 is 0 Å². The Kier molecular flexibility index (Phi) is 8.51. The van der Waals surface area contributed by atoms with Crippen molar-refractivity contribution in [2.24, 2.45) is 5.92 Å². The number of para-hydroxylation sites is 1. The number of amides is 2. The molecule has 1 atom stereocenters. The number of ether oxygens (including phenoxy) is 2. The Morgan fingerprint density at radius 2 is 1.80 bits per heavy atom. The number of hydrogen-bond donors (Lipinski definition) is 1. The fourth-order valence-electron chi connectivity index (χ4n) is 4.68. The third-order valence-corrected chi connectivity index (χ3v) is 6.27. The average Bonchev–Trinajstić information content (AvgIpc) is 3.31. The first kappa shape index (κ1) is 22.6. The van der Waals surface area contributed by atoms with E-state index in [0.29, 0.717) is 56.6 Å². The number of hydrogen-bond acceptors (Lipinski definition) is 5. The Labute approximate surface area is 179 Å². The summed E-state index contributed by atoms with van der Waals surface area (Å²) in [6.07, 6.45) is 5.43. The molecule has 1 saturated heterocycles. The smallest absolute Gasteiger partial charge is 0.257 e. The van der Waals surface area contributed by atoms with E-state index in [4.69, 9.17) is 9.47 Å². The molecule has 0 radical (unpaired) electrons.